The van der Waals surface area contributed by atoms with Crippen LogP contribution in [0.2, 0.25) is 0 Å². The van der Waals surface area contributed by atoms with Crippen LogP contribution in [0, 0.1) is 0 Å². The Labute approximate surface area is 124 Å². The average Bonchev–Trinajstić information content (AvgIpc) is 3.07. The zero-order valence-corrected chi connectivity index (χ0v) is 12.3. The summed E-state index contributed by atoms with van der Waals surface area (Å²) in [5.74, 6) is 0.707. The molecule has 6 heteroatoms. The number of anilines is 1. The van der Waals surface area contributed by atoms with Crippen LogP contribution in [-0.4, -0.2) is 48.2 Å². The summed E-state index contributed by atoms with van der Waals surface area (Å²) in [5.41, 5.74) is 0.434. The van der Waals surface area contributed by atoms with E-state index < -0.39 is 0 Å². The highest BCUT2D eigenvalue weighted by Crippen LogP contribution is 2.17. The van der Waals surface area contributed by atoms with Crippen LogP contribution in [0.1, 0.15) is 42.6 Å². The van der Waals surface area contributed by atoms with Gasteiger partial charge in [-0.1, -0.05) is 0 Å². The van der Waals surface area contributed by atoms with Gasteiger partial charge in [0, 0.05) is 32.3 Å². The van der Waals surface area contributed by atoms with Crippen LogP contribution in [0.15, 0.2) is 12.4 Å². The molecule has 1 aromatic rings. The fourth-order valence-corrected chi connectivity index (χ4v) is 2.87. The van der Waals surface area contributed by atoms with Crippen LogP contribution in [0.3, 0.4) is 0 Å². The SMILES string of the molecule is O=C(NCC1CCCO1)c1cc(N2CCCCC2)ncn1. The van der Waals surface area contributed by atoms with Gasteiger partial charge in [-0.2, -0.15) is 0 Å². The largest absolute Gasteiger partial charge is 0.376 e. The summed E-state index contributed by atoms with van der Waals surface area (Å²) < 4.78 is 5.50. The molecule has 3 heterocycles. The molecule has 0 saturated carbocycles. The normalized spacial score (nSPS) is 22.3. The molecular weight excluding hydrogens is 268 g/mol. The molecule has 2 saturated heterocycles. The van der Waals surface area contributed by atoms with E-state index >= 15 is 0 Å². The summed E-state index contributed by atoms with van der Waals surface area (Å²) in [4.78, 5) is 22.8. The average molecular weight is 290 g/mol. The Balaban J connectivity index is 1.60. The number of piperidine rings is 1. The fourth-order valence-electron chi connectivity index (χ4n) is 2.87. The predicted molar refractivity (Wildman–Crippen MR) is 79.4 cm³/mol. The van der Waals surface area contributed by atoms with Crippen LogP contribution in [0.5, 0.6) is 0 Å². The number of aromatic nitrogens is 2. The van der Waals surface area contributed by atoms with Crippen LogP contribution in [0.25, 0.3) is 0 Å². The maximum absolute atomic E-state index is 12.2. The molecule has 1 unspecified atom stereocenters. The molecule has 1 aromatic heterocycles. The lowest BCUT2D eigenvalue weighted by Gasteiger charge is -2.27. The van der Waals surface area contributed by atoms with Gasteiger partial charge in [-0.3, -0.25) is 4.79 Å². The van der Waals surface area contributed by atoms with Crippen molar-refractivity contribution >= 4 is 11.7 Å². The molecule has 0 radical (unpaired) electrons. The summed E-state index contributed by atoms with van der Waals surface area (Å²) in [6, 6.07) is 1.79. The molecule has 2 fully saturated rings. The third kappa shape index (κ3) is 3.69. The maximum atomic E-state index is 12.2. The summed E-state index contributed by atoms with van der Waals surface area (Å²) in [6.45, 7) is 3.37. The first kappa shape index (κ1) is 14.3. The Morgan fingerprint density at radius 1 is 1.29 bits per heavy atom. The third-order valence-electron chi connectivity index (χ3n) is 4.08. The Morgan fingerprint density at radius 2 is 2.14 bits per heavy atom. The fraction of sp³-hybridized carbons (Fsp3) is 0.667. The van der Waals surface area contributed by atoms with Gasteiger partial charge in [0.15, 0.2) is 0 Å². The topological polar surface area (TPSA) is 67.3 Å². The molecule has 1 atom stereocenters. The van der Waals surface area contributed by atoms with E-state index in [9.17, 15) is 4.79 Å². The zero-order valence-electron chi connectivity index (χ0n) is 12.3. The minimum absolute atomic E-state index is 0.147. The van der Waals surface area contributed by atoms with E-state index in [4.69, 9.17) is 4.74 Å². The van der Waals surface area contributed by atoms with Gasteiger partial charge in [0.2, 0.25) is 0 Å². The second-order valence-electron chi connectivity index (χ2n) is 5.65. The molecule has 6 nitrogen and oxygen atoms in total. The lowest BCUT2D eigenvalue weighted by Crippen LogP contribution is -2.33. The van der Waals surface area contributed by atoms with Crippen LogP contribution < -0.4 is 10.2 Å². The van der Waals surface area contributed by atoms with E-state index in [1.165, 1.54) is 25.6 Å². The van der Waals surface area contributed by atoms with Gasteiger partial charge >= 0.3 is 0 Å². The maximum Gasteiger partial charge on any atom is 0.270 e. The molecule has 2 aliphatic rings. The van der Waals surface area contributed by atoms with Crippen molar-refractivity contribution in [1.82, 2.24) is 15.3 Å². The van der Waals surface area contributed by atoms with Crippen molar-refractivity contribution in [3.8, 4) is 0 Å². The smallest absolute Gasteiger partial charge is 0.270 e. The van der Waals surface area contributed by atoms with E-state index in [1.807, 2.05) is 0 Å². The number of nitrogens with zero attached hydrogens (tertiary/aromatic N) is 3. The van der Waals surface area contributed by atoms with Gasteiger partial charge in [0.1, 0.15) is 17.8 Å². The van der Waals surface area contributed by atoms with Crippen molar-refractivity contribution in [3.63, 3.8) is 0 Å². The molecule has 1 N–H and O–H groups in total. The minimum atomic E-state index is -0.147. The number of carbonyl (C=O) groups excluding carboxylic acids is 1. The van der Waals surface area contributed by atoms with Crippen molar-refractivity contribution in [2.45, 2.75) is 38.2 Å². The Morgan fingerprint density at radius 3 is 2.90 bits per heavy atom. The number of hydrogen-bond acceptors (Lipinski definition) is 5. The quantitative estimate of drug-likeness (QED) is 0.907. The number of ether oxygens (including phenoxy) is 1. The molecule has 0 spiro atoms. The lowest BCUT2D eigenvalue weighted by atomic mass is 10.1. The van der Waals surface area contributed by atoms with Crippen molar-refractivity contribution in [3.05, 3.63) is 18.1 Å². The Kier molecular flexibility index (Phi) is 4.65. The monoisotopic (exact) mass is 290 g/mol. The first-order valence-corrected chi connectivity index (χ1v) is 7.80. The Hall–Kier alpha value is -1.69. The molecule has 0 aromatic carbocycles. The van der Waals surface area contributed by atoms with Gasteiger partial charge in [0.25, 0.3) is 5.91 Å². The molecule has 114 valence electrons. The molecule has 0 aliphatic carbocycles. The predicted octanol–water partition coefficient (Wildman–Crippen LogP) is 1.38. The van der Waals surface area contributed by atoms with Gasteiger partial charge in [-0.15, -0.1) is 0 Å². The molecule has 21 heavy (non-hydrogen) atoms. The van der Waals surface area contributed by atoms with Gasteiger partial charge < -0.3 is 15.0 Å². The van der Waals surface area contributed by atoms with Crippen LogP contribution in [-0.2, 0) is 4.74 Å². The molecule has 0 bridgehead atoms. The van der Waals surface area contributed by atoms with Crippen molar-refractivity contribution in [2.75, 3.05) is 31.1 Å². The number of nitrogens with one attached hydrogen (secondary N) is 1. The second kappa shape index (κ2) is 6.85. The van der Waals surface area contributed by atoms with Crippen LogP contribution >= 0.6 is 0 Å². The summed E-state index contributed by atoms with van der Waals surface area (Å²) in [5, 5.41) is 2.90. The highest BCUT2D eigenvalue weighted by molar-refractivity contribution is 5.92. The van der Waals surface area contributed by atoms with Crippen molar-refractivity contribution in [2.24, 2.45) is 0 Å². The van der Waals surface area contributed by atoms with E-state index in [0.29, 0.717) is 12.2 Å². The number of amides is 1. The third-order valence-corrected chi connectivity index (χ3v) is 4.08. The molecule has 2 aliphatic heterocycles. The molecule has 1 amide bonds. The molecule has 3 rings (SSSR count). The van der Waals surface area contributed by atoms with E-state index in [1.54, 1.807) is 6.07 Å². The van der Waals surface area contributed by atoms with Crippen molar-refractivity contribution < 1.29 is 9.53 Å². The van der Waals surface area contributed by atoms with Gasteiger partial charge in [0.05, 0.1) is 6.10 Å². The first-order valence-electron chi connectivity index (χ1n) is 7.80. The van der Waals surface area contributed by atoms with Crippen molar-refractivity contribution in [1.29, 1.82) is 0 Å². The second-order valence-corrected chi connectivity index (χ2v) is 5.65. The molecular formula is C15H22N4O2. The van der Waals surface area contributed by atoms with Gasteiger partial charge in [-0.25, -0.2) is 9.97 Å². The highest BCUT2D eigenvalue weighted by Gasteiger charge is 2.18. The van der Waals surface area contributed by atoms with Crippen LogP contribution in [0.4, 0.5) is 5.82 Å². The number of rotatable bonds is 4. The summed E-state index contributed by atoms with van der Waals surface area (Å²) >= 11 is 0. The summed E-state index contributed by atoms with van der Waals surface area (Å²) in [6.07, 6.45) is 7.37. The lowest BCUT2D eigenvalue weighted by molar-refractivity contribution is 0.0853. The van der Waals surface area contributed by atoms with E-state index in [0.717, 1.165) is 38.4 Å². The standard InChI is InChI=1S/C15H22N4O2/c20-15(16-10-12-5-4-8-21-12)13-9-14(18-11-17-13)19-6-2-1-3-7-19/h9,11-12H,1-8,10H2,(H,16,20). The number of carbonyl (C=O) groups is 1. The zero-order chi connectivity index (χ0) is 14.5. The first-order chi connectivity index (χ1) is 10.3. The number of hydrogen-bond donors (Lipinski definition) is 1. The van der Waals surface area contributed by atoms with E-state index in [-0.39, 0.29) is 12.0 Å². The van der Waals surface area contributed by atoms with E-state index in [2.05, 4.69) is 20.2 Å². The Bertz CT molecular complexity index is 482. The highest BCUT2D eigenvalue weighted by atomic mass is 16.5. The summed E-state index contributed by atoms with van der Waals surface area (Å²) in [7, 11) is 0. The van der Waals surface area contributed by atoms with Gasteiger partial charge in [-0.05, 0) is 32.1 Å². The minimum Gasteiger partial charge on any atom is -0.376 e.